The van der Waals surface area contributed by atoms with Crippen molar-refractivity contribution in [2.75, 3.05) is 13.6 Å². The molecule has 1 saturated heterocycles. The number of benzene rings is 1. The maximum absolute atomic E-state index is 5.41. The van der Waals surface area contributed by atoms with Crippen LogP contribution in [0, 0.1) is 0 Å². The molecule has 1 heterocycles. The second-order valence-corrected chi connectivity index (χ2v) is 4.95. The van der Waals surface area contributed by atoms with Gasteiger partial charge in [0.05, 0.1) is 0 Å². The van der Waals surface area contributed by atoms with Crippen molar-refractivity contribution in [3.8, 4) is 0 Å². The summed E-state index contributed by atoms with van der Waals surface area (Å²) in [6, 6.07) is 11.4. The Balaban J connectivity index is 1.92. The number of nitrogens with zero attached hydrogens (tertiary/aromatic N) is 2. The van der Waals surface area contributed by atoms with Crippen molar-refractivity contribution in [3.05, 3.63) is 35.9 Å². The average Bonchev–Trinajstić information content (AvgIpc) is 2.78. The van der Waals surface area contributed by atoms with Crippen molar-refractivity contribution < 1.29 is 0 Å². The van der Waals surface area contributed by atoms with E-state index in [1.54, 1.807) is 7.05 Å². The van der Waals surface area contributed by atoms with Gasteiger partial charge in [0.2, 0.25) is 5.96 Å². The molecule has 0 bridgehead atoms. The van der Waals surface area contributed by atoms with E-state index in [1.807, 2.05) is 0 Å². The largest absolute Gasteiger partial charge is 0.351 e. The maximum Gasteiger partial charge on any atom is 0.205 e. The molecule has 1 aliphatic rings. The Hall–Kier alpha value is -1.59. The van der Waals surface area contributed by atoms with Crippen LogP contribution in [-0.2, 0) is 6.54 Å². The molecule has 104 valence electrons. The third-order valence-corrected chi connectivity index (χ3v) is 3.80. The summed E-state index contributed by atoms with van der Waals surface area (Å²) in [5.41, 5.74) is 3.94. The molecule has 1 aliphatic heterocycles. The van der Waals surface area contributed by atoms with Gasteiger partial charge < -0.3 is 5.32 Å². The third kappa shape index (κ3) is 3.45. The van der Waals surface area contributed by atoms with Gasteiger partial charge in [-0.2, -0.15) is 0 Å². The Bertz CT molecular complexity index is 417. The van der Waals surface area contributed by atoms with Crippen molar-refractivity contribution in [2.45, 2.75) is 32.0 Å². The molecule has 0 spiro atoms. The topological polar surface area (TPSA) is 65.7 Å². The van der Waals surface area contributed by atoms with Crippen LogP contribution in [0.25, 0.3) is 0 Å². The smallest absolute Gasteiger partial charge is 0.205 e. The highest BCUT2D eigenvalue weighted by molar-refractivity contribution is 5.79. The molecule has 0 aliphatic carbocycles. The summed E-state index contributed by atoms with van der Waals surface area (Å²) in [4.78, 5) is 6.55. The molecule has 2 atom stereocenters. The molecule has 5 nitrogen and oxygen atoms in total. The van der Waals surface area contributed by atoms with Gasteiger partial charge in [-0.3, -0.25) is 15.3 Å². The minimum atomic E-state index is 0.387. The van der Waals surface area contributed by atoms with E-state index in [1.165, 1.54) is 5.56 Å². The number of hydrazine groups is 1. The zero-order valence-electron chi connectivity index (χ0n) is 11.6. The molecule has 1 aromatic carbocycles. The Labute approximate surface area is 114 Å². The number of aliphatic imine (C=N–C) groups is 1. The van der Waals surface area contributed by atoms with Crippen LogP contribution < -0.4 is 16.6 Å². The van der Waals surface area contributed by atoms with Crippen molar-refractivity contribution in [2.24, 2.45) is 10.8 Å². The molecule has 5 heteroatoms. The van der Waals surface area contributed by atoms with Crippen LogP contribution in [0.5, 0.6) is 0 Å². The van der Waals surface area contributed by atoms with Crippen LogP contribution >= 0.6 is 0 Å². The van der Waals surface area contributed by atoms with Crippen LogP contribution in [0.1, 0.15) is 18.9 Å². The SMILES string of the molecule is CN=C(NN)NC1CCN(Cc2ccccc2)C1C. The zero-order valence-corrected chi connectivity index (χ0v) is 11.6. The van der Waals surface area contributed by atoms with Gasteiger partial charge in [-0.1, -0.05) is 30.3 Å². The Kier molecular flexibility index (Phi) is 4.76. The first kappa shape index (κ1) is 13.8. The van der Waals surface area contributed by atoms with E-state index in [4.69, 9.17) is 5.84 Å². The van der Waals surface area contributed by atoms with Gasteiger partial charge in [0, 0.05) is 32.2 Å². The minimum absolute atomic E-state index is 0.387. The zero-order chi connectivity index (χ0) is 13.7. The van der Waals surface area contributed by atoms with E-state index in [0.717, 1.165) is 19.5 Å². The molecule has 0 aromatic heterocycles. The fourth-order valence-electron chi connectivity index (χ4n) is 2.58. The lowest BCUT2D eigenvalue weighted by Crippen LogP contribution is -2.50. The molecular formula is C14H23N5. The van der Waals surface area contributed by atoms with Gasteiger partial charge in [-0.15, -0.1) is 0 Å². The van der Waals surface area contributed by atoms with Gasteiger partial charge in [-0.05, 0) is 18.9 Å². The summed E-state index contributed by atoms with van der Waals surface area (Å²) >= 11 is 0. The van der Waals surface area contributed by atoms with Crippen molar-refractivity contribution >= 4 is 5.96 Å². The molecule has 0 amide bonds. The van der Waals surface area contributed by atoms with Crippen LogP contribution in [0.2, 0.25) is 0 Å². The molecule has 1 aromatic rings. The first-order valence-electron chi connectivity index (χ1n) is 6.72. The number of hydrogen-bond acceptors (Lipinski definition) is 3. The minimum Gasteiger partial charge on any atom is -0.351 e. The molecule has 2 rings (SSSR count). The van der Waals surface area contributed by atoms with Crippen molar-refractivity contribution in [3.63, 3.8) is 0 Å². The highest BCUT2D eigenvalue weighted by atomic mass is 15.3. The van der Waals surface area contributed by atoms with E-state index in [2.05, 4.69) is 57.9 Å². The van der Waals surface area contributed by atoms with E-state index >= 15 is 0 Å². The van der Waals surface area contributed by atoms with Gasteiger partial charge in [-0.25, -0.2) is 5.84 Å². The molecule has 0 saturated carbocycles. The van der Waals surface area contributed by atoms with E-state index in [9.17, 15) is 0 Å². The molecule has 0 radical (unpaired) electrons. The Morgan fingerprint density at radius 3 is 2.79 bits per heavy atom. The fourth-order valence-corrected chi connectivity index (χ4v) is 2.58. The van der Waals surface area contributed by atoms with Gasteiger partial charge in [0.15, 0.2) is 0 Å². The average molecular weight is 261 g/mol. The first-order valence-corrected chi connectivity index (χ1v) is 6.72. The first-order chi connectivity index (χ1) is 9.24. The highest BCUT2D eigenvalue weighted by Crippen LogP contribution is 2.20. The second-order valence-electron chi connectivity index (χ2n) is 4.95. The molecular weight excluding hydrogens is 238 g/mol. The number of rotatable bonds is 3. The van der Waals surface area contributed by atoms with Gasteiger partial charge >= 0.3 is 0 Å². The number of likely N-dealkylation sites (tertiary alicyclic amines) is 1. The lowest BCUT2D eigenvalue weighted by Gasteiger charge is -2.25. The highest BCUT2D eigenvalue weighted by Gasteiger charge is 2.30. The summed E-state index contributed by atoms with van der Waals surface area (Å²) in [7, 11) is 1.73. The number of guanidine groups is 1. The lowest BCUT2D eigenvalue weighted by atomic mass is 10.1. The third-order valence-electron chi connectivity index (χ3n) is 3.80. The van der Waals surface area contributed by atoms with Gasteiger partial charge in [0.25, 0.3) is 0 Å². The summed E-state index contributed by atoms with van der Waals surface area (Å²) in [6.07, 6.45) is 1.11. The van der Waals surface area contributed by atoms with E-state index < -0.39 is 0 Å². The number of nitrogens with two attached hydrogens (primary N) is 1. The molecule has 2 unspecified atom stereocenters. The standard InChI is InChI=1S/C14H23N5/c1-11-13(17-14(16-2)18-15)8-9-19(11)10-12-6-4-3-5-7-12/h3-7,11,13H,8-10,15H2,1-2H3,(H2,16,17,18). The van der Waals surface area contributed by atoms with Crippen LogP contribution in [0.3, 0.4) is 0 Å². The normalized spacial score (nSPS) is 24.5. The fraction of sp³-hybridized carbons (Fsp3) is 0.500. The monoisotopic (exact) mass is 261 g/mol. The van der Waals surface area contributed by atoms with Crippen LogP contribution in [-0.4, -0.2) is 36.5 Å². The van der Waals surface area contributed by atoms with E-state index in [-0.39, 0.29) is 0 Å². The predicted octanol–water partition coefficient (Wildman–Crippen LogP) is 0.688. The van der Waals surface area contributed by atoms with Gasteiger partial charge in [0.1, 0.15) is 0 Å². The summed E-state index contributed by atoms with van der Waals surface area (Å²) in [6.45, 7) is 4.33. The lowest BCUT2D eigenvalue weighted by molar-refractivity contribution is 0.247. The van der Waals surface area contributed by atoms with Crippen LogP contribution in [0.4, 0.5) is 0 Å². The van der Waals surface area contributed by atoms with Crippen LogP contribution in [0.15, 0.2) is 35.3 Å². The van der Waals surface area contributed by atoms with E-state index in [0.29, 0.717) is 18.0 Å². The van der Waals surface area contributed by atoms with Crippen molar-refractivity contribution in [1.29, 1.82) is 0 Å². The molecule has 4 N–H and O–H groups in total. The number of hydrogen-bond donors (Lipinski definition) is 3. The Morgan fingerprint density at radius 2 is 2.16 bits per heavy atom. The second kappa shape index (κ2) is 6.54. The summed E-state index contributed by atoms with van der Waals surface area (Å²) in [5.74, 6) is 6.06. The summed E-state index contributed by atoms with van der Waals surface area (Å²) < 4.78 is 0. The summed E-state index contributed by atoms with van der Waals surface area (Å²) in [5, 5.41) is 3.35. The molecule has 19 heavy (non-hydrogen) atoms. The maximum atomic E-state index is 5.41. The predicted molar refractivity (Wildman–Crippen MR) is 78.5 cm³/mol. The number of nitrogens with one attached hydrogen (secondary N) is 2. The molecule has 1 fully saturated rings. The van der Waals surface area contributed by atoms with Crippen molar-refractivity contribution in [1.82, 2.24) is 15.6 Å². The Morgan fingerprint density at radius 1 is 1.42 bits per heavy atom. The quantitative estimate of drug-likeness (QED) is 0.324.